The van der Waals surface area contributed by atoms with Crippen LogP contribution in [0.5, 0.6) is 0 Å². The molecule has 9 aromatic carbocycles. The SMILES string of the molecule is c1ccc(-n2c3cc4c(cc3c3ccc5ccccc5c32)c2ccccc2n4-c2ccc(-c3cccc4cc5oc6ccccc6c5cc34)cc2)cc1. The highest BCUT2D eigenvalue weighted by Gasteiger charge is 2.20. The second-order valence-corrected chi connectivity index (χ2v) is 14.1. The molecule has 0 amide bonds. The van der Waals surface area contributed by atoms with Crippen LogP contribution in [0.3, 0.4) is 0 Å². The predicted molar refractivity (Wildman–Crippen MR) is 223 cm³/mol. The van der Waals surface area contributed by atoms with Crippen LogP contribution in [-0.2, 0) is 0 Å². The van der Waals surface area contributed by atoms with Gasteiger partial charge in [-0.15, -0.1) is 0 Å². The molecule has 246 valence electrons. The topological polar surface area (TPSA) is 23.0 Å². The summed E-state index contributed by atoms with van der Waals surface area (Å²) in [6.07, 6.45) is 0. The van der Waals surface area contributed by atoms with E-state index in [1.807, 2.05) is 12.1 Å². The zero-order chi connectivity index (χ0) is 34.6. The van der Waals surface area contributed by atoms with Crippen LogP contribution in [0.25, 0.3) is 110 Å². The summed E-state index contributed by atoms with van der Waals surface area (Å²) in [5.41, 5.74) is 11.4. The maximum atomic E-state index is 6.22. The van der Waals surface area contributed by atoms with E-state index in [4.69, 9.17) is 4.42 Å². The maximum Gasteiger partial charge on any atom is 0.136 e. The highest BCUT2D eigenvalue weighted by Crippen LogP contribution is 2.42. The summed E-state index contributed by atoms with van der Waals surface area (Å²) in [5.74, 6) is 0. The van der Waals surface area contributed by atoms with E-state index in [0.29, 0.717) is 0 Å². The van der Waals surface area contributed by atoms with E-state index in [-0.39, 0.29) is 0 Å². The second kappa shape index (κ2) is 10.7. The van der Waals surface area contributed by atoms with E-state index in [1.54, 1.807) is 0 Å². The fourth-order valence-electron chi connectivity index (χ4n) is 8.90. The van der Waals surface area contributed by atoms with Crippen molar-refractivity contribution in [2.75, 3.05) is 0 Å². The monoisotopic (exact) mass is 674 g/mol. The molecule has 3 heterocycles. The fraction of sp³-hybridized carbons (Fsp3) is 0. The first kappa shape index (κ1) is 28.6. The molecule has 12 rings (SSSR count). The summed E-state index contributed by atoms with van der Waals surface area (Å²) in [6.45, 7) is 0. The van der Waals surface area contributed by atoms with E-state index in [1.165, 1.54) is 76.3 Å². The summed E-state index contributed by atoms with van der Waals surface area (Å²) >= 11 is 0. The third kappa shape index (κ3) is 4.05. The number of fused-ring (bicyclic) bond motifs is 12. The smallest absolute Gasteiger partial charge is 0.136 e. The van der Waals surface area contributed by atoms with Crippen LogP contribution in [-0.4, -0.2) is 9.13 Å². The van der Waals surface area contributed by atoms with Crippen molar-refractivity contribution in [2.45, 2.75) is 0 Å². The van der Waals surface area contributed by atoms with Crippen LogP contribution in [0.2, 0.25) is 0 Å². The average Bonchev–Trinajstić information content (AvgIpc) is 3.86. The molecule has 0 spiro atoms. The standard InChI is InChI=1S/C50H30N2O/c1-2-13-34(14-3-1)52-47-30-46-42(29-43(47)40-26-23-31-11-4-5-15-37(31)50(40)52)38-16-6-8-19-45(38)51(46)35-24-21-32(22-25-35)36-18-10-12-33-27-49-44(28-41(33)36)39-17-7-9-20-48(39)53-49/h1-30H. The highest BCUT2D eigenvalue weighted by molar-refractivity contribution is 6.23. The quantitative estimate of drug-likeness (QED) is 0.183. The minimum Gasteiger partial charge on any atom is -0.456 e. The Morgan fingerprint density at radius 1 is 0.321 bits per heavy atom. The van der Waals surface area contributed by atoms with Crippen LogP contribution in [0.1, 0.15) is 0 Å². The Hall–Kier alpha value is -7.10. The van der Waals surface area contributed by atoms with E-state index < -0.39 is 0 Å². The van der Waals surface area contributed by atoms with Gasteiger partial charge < -0.3 is 13.6 Å². The van der Waals surface area contributed by atoms with Crippen molar-refractivity contribution in [2.24, 2.45) is 0 Å². The molecule has 0 bridgehead atoms. The van der Waals surface area contributed by atoms with Crippen molar-refractivity contribution in [3.05, 3.63) is 182 Å². The lowest BCUT2D eigenvalue weighted by molar-refractivity contribution is 0.669. The van der Waals surface area contributed by atoms with Gasteiger partial charge >= 0.3 is 0 Å². The zero-order valence-electron chi connectivity index (χ0n) is 28.6. The highest BCUT2D eigenvalue weighted by atomic mass is 16.3. The summed E-state index contributed by atoms with van der Waals surface area (Å²) in [7, 11) is 0. The number of para-hydroxylation sites is 3. The normalized spacial score (nSPS) is 12.2. The van der Waals surface area contributed by atoms with E-state index >= 15 is 0 Å². The van der Waals surface area contributed by atoms with Gasteiger partial charge in [-0.05, 0) is 87.9 Å². The molecule has 53 heavy (non-hydrogen) atoms. The summed E-state index contributed by atoms with van der Waals surface area (Å²) < 4.78 is 11.1. The third-order valence-corrected chi connectivity index (χ3v) is 11.3. The van der Waals surface area contributed by atoms with Crippen LogP contribution < -0.4 is 0 Å². The molecule has 0 aliphatic carbocycles. The lowest BCUT2D eigenvalue weighted by Crippen LogP contribution is -1.96. The first-order valence-electron chi connectivity index (χ1n) is 18.2. The molecular formula is C50H30N2O. The van der Waals surface area contributed by atoms with Gasteiger partial charge in [-0.3, -0.25) is 0 Å². The van der Waals surface area contributed by atoms with Gasteiger partial charge in [0.05, 0.1) is 22.1 Å². The van der Waals surface area contributed by atoms with Gasteiger partial charge in [-0.25, -0.2) is 0 Å². The van der Waals surface area contributed by atoms with Crippen molar-refractivity contribution in [1.29, 1.82) is 0 Å². The molecular weight excluding hydrogens is 645 g/mol. The molecule has 0 fully saturated rings. The number of hydrogen-bond acceptors (Lipinski definition) is 1. The molecule has 0 saturated heterocycles. The van der Waals surface area contributed by atoms with Crippen LogP contribution in [0, 0.1) is 0 Å². The van der Waals surface area contributed by atoms with Gasteiger partial charge in [0.25, 0.3) is 0 Å². The number of nitrogens with zero attached hydrogens (tertiary/aromatic N) is 2. The molecule has 0 radical (unpaired) electrons. The van der Waals surface area contributed by atoms with E-state index in [9.17, 15) is 0 Å². The fourth-order valence-corrected chi connectivity index (χ4v) is 8.90. The molecule has 3 heteroatoms. The molecule has 0 aliphatic rings. The Labute approximate surface area is 304 Å². The predicted octanol–water partition coefficient (Wildman–Crippen LogP) is 13.8. The lowest BCUT2D eigenvalue weighted by Gasteiger charge is -2.12. The number of aromatic nitrogens is 2. The van der Waals surface area contributed by atoms with Crippen LogP contribution in [0.15, 0.2) is 186 Å². The number of furan rings is 1. The largest absolute Gasteiger partial charge is 0.456 e. The van der Waals surface area contributed by atoms with Crippen molar-refractivity contribution in [3.8, 4) is 22.5 Å². The molecule has 3 nitrogen and oxygen atoms in total. The summed E-state index contributed by atoms with van der Waals surface area (Å²) in [5, 5.41) is 12.2. The van der Waals surface area contributed by atoms with Crippen molar-refractivity contribution in [3.63, 3.8) is 0 Å². The van der Waals surface area contributed by atoms with Crippen molar-refractivity contribution >= 4 is 87.1 Å². The van der Waals surface area contributed by atoms with Crippen molar-refractivity contribution in [1.82, 2.24) is 9.13 Å². The minimum atomic E-state index is 0.921. The van der Waals surface area contributed by atoms with E-state index in [2.05, 4.69) is 179 Å². The second-order valence-electron chi connectivity index (χ2n) is 14.1. The van der Waals surface area contributed by atoms with Gasteiger partial charge in [0.15, 0.2) is 0 Å². The summed E-state index contributed by atoms with van der Waals surface area (Å²) in [6, 6.07) is 66.1. The van der Waals surface area contributed by atoms with Crippen molar-refractivity contribution < 1.29 is 4.42 Å². The van der Waals surface area contributed by atoms with Gasteiger partial charge in [0, 0.05) is 49.1 Å². The number of benzene rings is 9. The Bertz CT molecular complexity index is 3430. The van der Waals surface area contributed by atoms with Gasteiger partial charge in [0.2, 0.25) is 0 Å². The molecule has 0 atom stereocenters. The Balaban J connectivity index is 1.09. The first-order chi connectivity index (χ1) is 26.3. The average molecular weight is 675 g/mol. The molecule has 0 saturated carbocycles. The van der Waals surface area contributed by atoms with E-state index in [0.717, 1.165) is 33.3 Å². The van der Waals surface area contributed by atoms with Gasteiger partial charge in [0.1, 0.15) is 11.2 Å². The Morgan fingerprint density at radius 2 is 1.00 bits per heavy atom. The molecule has 3 aromatic heterocycles. The zero-order valence-corrected chi connectivity index (χ0v) is 28.6. The molecule has 12 aromatic rings. The molecule has 0 aliphatic heterocycles. The summed E-state index contributed by atoms with van der Waals surface area (Å²) in [4.78, 5) is 0. The number of rotatable bonds is 3. The minimum absolute atomic E-state index is 0.921. The molecule has 0 unspecified atom stereocenters. The maximum absolute atomic E-state index is 6.22. The molecule has 0 N–H and O–H groups in total. The van der Waals surface area contributed by atoms with Gasteiger partial charge in [-0.1, -0.05) is 121 Å². The number of hydrogen-bond donors (Lipinski definition) is 0. The third-order valence-electron chi connectivity index (χ3n) is 11.3. The first-order valence-corrected chi connectivity index (χ1v) is 18.2. The van der Waals surface area contributed by atoms with Gasteiger partial charge in [-0.2, -0.15) is 0 Å². The Kier molecular flexibility index (Phi) is 5.77. The van der Waals surface area contributed by atoms with Crippen LogP contribution >= 0.6 is 0 Å². The Morgan fingerprint density at radius 3 is 1.89 bits per heavy atom. The lowest BCUT2D eigenvalue weighted by atomic mass is 9.96. The van der Waals surface area contributed by atoms with Crippen LogP contribution in [0.4, 0.5) is 0 Å².